The fourth-order valence-corrected chi connectivity index (χ4v) is 3.38. The lowest BCUT2D eigenvalue weighted by atomic mass is 10.00. The second-order valence-electron chi connectivity index (χ2n) is 7.49. The maximum absolute atomic E-state index is 13.0. The predicted molar refractivity (Wildman–Crippen MR) is 119 cm³/mol. The fourth-order valence-electron chi connectivity index (χ4n) is 3.38. The van der Waals surface area contributed by atoms with Gasteiger partial charge < -0.3 is 10.2 Å². The van der Waals surface area contributed by atoms with Crippen molar-refractivity contribution in [3.8, 4) is 0 Å². The highest BCUT2D eigenvalue weighted by Gasteiger charge is 2.20. The Balaban J connectivity index is 1.70. The number of carbonyl (C=O) groups excluding carboxylic acids is 1. The highest BCUT2D eigenvalue weighted by atomic mass is 16.7. The van der Waals surface area contributed by atoms with Gasteiger partial charge in [0.15, 0.2) is 0 Å². The smallest absolute Gasteiger partial charge is 0.335 e. The number of carboxylic acid groups (broad SMARTS) is 1. The summed E-state index contributed by atoms with van der Waals surface area (Å²) in [6.45, 7) is 2.04. The Kier molecular flexibility index (Phi) is 7.70. The van der Waals surface area contributed by atoms with E-state index >= 15 is 0 Å². The van der Waals surface area contributed by atoms with E-state index in [9.17, 15) is 14.7 Å². The number of hydroxylamine groups is 2. The van der Waals surface area contributed by atoms with E-state index in [4.69, 9.17) is 9.94 Å². The number of aryl methyl sites for hydroxylation is 2. The molecule has 7 nitrogen and oxygen atoms in total. The number of carboxylic acids is 1. The Morgan fingerprint density at radius 1 is 1.03 bits per heavy atom. The Hall–Kier alpha value is -3.55. The van der Waals surface area contributed by atoms with Crippen LogP contribution in [0, 0.1) is 6.92 Å². The van der Waals surface area contributed by atoms with Gasteiger partial charge >= 0.3 is 5.97 Å². The van der Waals surface area contributed by atoms with E-state index in [1.54, 1.807) is 43.3 Å². The van der Waals surface area contributed by atoms with Crippen molar-refractivity contribution in [2.24, 2.45) is 0 Å². The molecule has 0 spiro atoms. The molecular weight excluding hydrogens is 408 g/mol. The van der Waals surface area contributed by atoms with Crippen molar-refractivity contribution in [1.29, 1.82) is 0 Å². The molecule has 1 unspecified atom stereocenters. The molecule has 0 fully saturated rings. The lowest BCUT2D eigenvalue weighted by molar-refractivity contribution is -0.102. The van der Waals surface area contributed by atoms with Gasteiger partial charge in [-0.2, -0.15) is 0 Å². The van der Waals surface area contributed by atoms with Crippen LogP contribution >= 0.6 is 0 Å². The second kappa shape index (κ2) is 10.7. The first kappa shape index (κ1) is 23.1. The molecule has 2 N–H and O–H groups in total. The zero-order chi connectivity index (χ0) is 23.1. The van der Waals surface area contributed by atoms with Gasteiger partial charge in [0.25, 0.3) is 5.91 Å². The number of rotatable bonds is 9. The molecule has 0 saturated heterocycles. The van der Waals surface area contributed by atoms with Crippen molar-refractivity contribution in [1.82, 2.24) is 10.0 Å². The molecule has 1 aromatic heterocycles. The summed E-state index contributed by atoms with van der Waals surface area (Å²) in [6.07, 6.45) is 0.179. The number of benzene rings is 2. The minimum absolute atomic E-state index is 0.197. The summed E-state index contributed by atoms with van der Waals surface area (Å²) in [4.78, 5) is 33.6. The summed E-state index contributed by atoms with van der Waals surface area (Å²) in [6, 6.07) is 19.4. The molecule has 32 heavy (non-hydrogen) atoms. The number of hydrogen-bond acceptors (Lipinski definition) is 5. The van der Waals surface area contributed by atoms with Gasteiger partial charge in [0.1, 0.15) is 5.69 Å². The van der Waals surface area contributed by atoms with E-state index in [1.165, 1.54) is 12.2 Å². The molecule has 1 heterocycles. The number of hydrogen-bond donors (Lipinski definition) is 2. The third-order valence-corrected chi connectivity index (χ3v) is 5.10. The molecule has 0 aliphatic rings. The Bertz CT molecular complexity index is 1070. The minimum atomic E-state index is -0.974. The number of nitrogens with zero attached hydrogens (tertiary/aromatic N) is 2. The Morgan fingerprint density at radius 2 is 1.72 bits per heavy atom. The van der Waals surface area contributed by atoms with Gasteiger partial charge in [-0.05, 0) is 60.7 Å². The molecule has 3 rings (SSSR count). The standard InChI is InChI=1S/C25H26N2O5/c1-17-14-21(23(28)13-10-18-8-11-20(12-9-18)25(30)31)15-22(26-17)24(29)27(32-2)16-19-6-4-3-5-7-19/h3-9,11-12,14-15,23,28H,10,13,16H2,1-2H3,(H,30,31). The predicted octanol–water partition coefficient (Wildman–Crippen LogP) is 3.96. The van der Waals surface area contributed by atoms with Crippen molar-refractivity contribution in [2.45, 2.75) is 32.4 Å². The number of aliphatic hydroxyl groups excluding tert-OH is 1. The van der Waals surface area contributed by atoms with Crippen molar-refractivity contribution < 1.29 is 24.6 Å². The number of aliphatic hydroxyl groups is 1. The van der Waals surface area contributed by atoms with Crippen LogP contribution in [0.1, 0.15) is 55.8 Å². The van der Waals surface area contributed by atoms with E-state index in [0.29, 0.717) is 24.1 Å². The molecule has 3 aromatic rings. The average molecular weight is 434 g/mol. The van der Waals surface area contributed by atoms with Gasteiger partial charge in [-0.3, -0.25) is 9.63 Å². The lowest BCUT2D eigenvalue weighted by Crippen LogP contribution is -2.30. The van der Waals surface area contributed by atoms with E-state index in [1.807, 2.05) is 30.3 Å². The summed E-state index contributed by atoms with van der Waals surface area (Å²) in [7, 11) is 1.43. The molecule has 0 aliphatic carbocycles. The summed E-state index contributed by atoms with van der Waals surface area (Å²) in [5.74, 6) is -1.36. The average Bonchev–Trinajstić information content (AvgIpc) is 2.81. The van der Waals surface area contributed by atoms with Crippen LogP contribution < -0.4 is 0 Å². The Morgan fingerprint density at radius 3 is 2.34 bits per heavy atom. The monoisotopic (exact) mass is 434 g/mol. The highest BCUT2D eigenvalue weighted by molar-refractivity contribution is 5.91. The summed E-state index contributed by atoms with van der Waals surface area (Å²) in [5.41, 5.74) is 3.47. The summed E-state index contributed by atoms with van der Waals surface area (Å²) in [5, 5.41) is 20.9. The van der Waals surface area contributed by atoms with E-state index < -0.39 is 18.0 Å². The van der Waals surface area contributed by atoms with Crippen LogP contribution in [0.2, 0.25) is 0 Å². The van der Waals surface area contributed by atoms with Crippen molar-refractivity contribution in [3.63, 3.8) is 0 Å². The molecule has 0 radical (unpaired) electrons. The van der Waals surface area contributed by atoms with E-state index in [2.05, 4.69) is 4.98 Å². The van der Waals surface area contributed by atoms with Crippen molar-refractivity contribution in [2.75, 3.05) is 7.11 Å². The molecular formula is C25H26N2O5. The number of carbonyl (C=O) groups is 2. The first-order chi connectivity index (χ1) is 15.4. The minimum Gasteiger partial charge on any atom is -0.478 e. The van der Waals surface area contributed by atoms with Gasteiger partial charge in [-0.15, -0.1) is 0 Å². The molecule has 7 heteroatoms. The molecule has 0 saturated carbocycles. The van der Waals surface area contributed by atoms with Gasteiger partial charge in [0, 0.05) is 5.69 Å². The van der Waals surface area contributed by atoms with Crippen LogP contribution in [0.15, 0.2) is 66.7 Å². The quantitative estimate of drug-likeness (QED) is 0.495. The zero-order valence-electron chi connectivity index (χ0n) is 18.1. The second-order valence-corrected chi connectivity index (χ2v) is 7.49. The number of pyridine rings is 1. The summed E-state index contributed by atoms with van der Waals surface area (Å²) >= 11 is 0. The van der Waals surface area contributed by atoms with Crippen LogP contribution in [0.4, 0.5) is 0 Å². The first-order valence-electron chi connectivity index (χ1n) is 10.3. The summed E-state index contributed by atoms with van der Waals surface area (Å²) < 4.78 is 0. The number of amides is 1. The molecule has 1 amide bonds. The van der Waals surface area contributed by atoms with Gasteiger partial charge in [0.2, 0.25) is 0 Å². The third-order valence-electron chi connectivity index (χ3n) is 5.10. The zero-order valence-corrected chi connectivity index (χ0v) is 18.1. The van der Waals surface area contributed by atoms with E-state index in [-0.39, 0.29) is 17.8 Å². The molecule has 0 bridgehead atoms. The number of aromatic nitrogens is 1. The SMILES string of the molecule is CON(Cc1ccccc1)C(=O)c1cc(C(O)CCc2ccc(C(=O)O)cc2)cc(C)n1. The molecule has 1 atom stereocenters. The van der Waals surface area contributed by atoms with Crippen LogP contribution in [0.25, 0.3) is 0 Å². The largest absolute Gasteiger partial charge is 0.478 e. The van der Waals surface area contributed by atoms with Gasteiger partial charge in [0.05, 0.1) is 25.3 Å². The number of aromatic carboxylic acids is 1. The maximum atomic E-state index is 13.0. The lowest BCUT2D eigenvalue weighted by Gasteiger charge is -2.20. The molecule has 0 aliphatic heterocycles. The molecule has 166 valence electrons. The highest BCUT2D eigenvalue weighted by Crippen LogP contribution is 2.22. The van der Waals surface area contributed by atoms with Gasteiger partial charge in [-0.1, -0.05) is 42.5 Å². The van der Waals surface area contributed by atoms with E-state index in [0.717, 1.165) is 11.1 Å². The van der Waals surface area contributed by atoms with Crippen LogP contribution in [-0.4, -0.2) is 39.2 Å². The van der Waals surface area contributed by atoms with Crippen molar-refractivity contribution in [3.05, 3.63) is 100 Å². The fraction of sp³-hybridized carbons (Fsp3) is 0.240. The topological polar surface area (TPSA) is 100.0 Å². The first-order valence-corrected chi connectivity index (χ1v) is 10.3. The normalized spacial score (nSPS) is 11.7. The maximum Gasteiger partial charge on any atom is 0.335 e. The Labute approximate surface area is 186 Å². The van der Waals surface area contributed by atoms with Crippen LogP contribution in [0.5, 0.6) is 0 Å². The third kappa shape index (κ3) is 6.00. The van der Waals surface area contributed by atoms with Crippen LogP contribution in [0.3, 0.4) is 0 Å². The van der Waals surface area contributed by atoms with Crippen molar-refractivity contribution >= 4 is 11.9 Å². The molecule has 2 aromatic carbocycles. The van der Waals surface area contributed by atoms with Crippen LogP contribution in [-0.2, 0) is 17.8 Å². The van der Waals surface area contributed by atoms with Gasteiger partial charge in [-0.25, -0.2) is 14.8 Å².